The standard InChI is InChI=1S/C10H10FN3O2/c11-7-1-3-8(4-2-7)13-6-5-9(15)14(12)10(13)16/h1-4H,5-6,12H2. The SMILES string of the molecule is NN1C(=O)CCN(c2ccc(F)cc2)C1=O. The van der Waals surface area contributed by atoms with Crippen LogP contribution in [0.3, 0.4) is 0 Å². The molecule has 0 aromatic heterocycles. The van der Waals surface area contributed by atoms with Gasteiger partial charge in [0.1, 0.15) is 5.82 Å². The second-order valence-corrected chi connectivity index (χ2v) is 3.42. The van der Waals surface area contributed by atoms with Crippen LogP contribution in [0, 0.1) is 5.82 Å². The fraction of sp³-hybridized carbons (Fsp3) is 0.200. The monoisotopic (exact) mass is 223 g/mol. The van der Waals surface area contributed by atoms with Gasteiger partial charge in [-0.3, -0.25) is 9.69 Å². The number of rotatable bonds is 1. The highest BCUT2D eigenvalue weighted by Crippen LogP contribution is 2.19. The van der Waals surface area contributed by atoms with Crippen molar-refractivity contribution in [1.82, 2.24) is 5.01 Å². The molecule has 1 aromatic rings. The molecule has 1 heterocycles. The molecular formula is C10H10FN3O2. The minimum absolute atomic E-state index is 0.166. The third-order valence-corrected chi connectivity index (χ3v) is 2.39. The summed E-state index contributed by atoms with van der Waals surface area (Å²) in [5.74, 6) is 4.50. The molecule has 0 bridgehead atoms. The predicted octanol–water partition coefficient (Wildman–Crippen LogP) is 0.858. The number of nitrogens with two attached hydrogens (primary N) is 1. The van der Waals surface area contributed by atoms with Crippen LogP contribution in [0.15, 0.2) is 24.3 Å². The molecule has 0 saturated carbocycles. The van der Waals surface area contributed by atoms with Gasteiger partial charge in [-0.05, 0) is 24.3 Å². The summed E-state index contributed by atoms with van der Waals surface area (Å²) >= 11 is 0. The number of amides is 3. The summed E-state index contributed by atoms with van der Waals surface area (Å²) in [6.45, 7) is 0.261. The van der Waals surface area contributed by atoms with E-state index in [-0.39, 0.29) is 18.8 Å². The van der Waals surface area contributed by atoms with Crippen molar-refractivity contribution in [3.63, 3.8) is 0 Å². The van der Waals surface area contributed by atoms with Crippen molar-refractivity contribution in [3.8, 4) is 0 Å². The summed E-state index contributed by atoms with van der Waals surface area (Å²) in [6, 6.07) is 4.84. The van der Waals surface area contributed by atoms with Crippen LogP contribution in [0.1, 0.15) is 6.42 Å². The molecule has 1 fully saturated rings. The minimum Gasteiger partial charge on any atom is -0.292 e. The van der Waals surface area contributed by atoms with Gasteiger partial charge in [-0.1, -0.05) is 0 Å². The predicted molar refractivity (Wildman–Crippen MR) is 54.8 cm³/mol. The molecule has 16 heavy (non-hydrogen) atoms. The Balaban J connectivity index is 2.25. The number of hydrogen-bond acceptors (Lipinski definition) is 3. The fourth-order valence-electron chi connectivity index (χ4n) is 1.52. The number of hydrazine groups is 1. The molecule has 1 saturated heterocycles. The Labute approximate surface area is 91.2 Å². The molecule has 1 aliphatic rings. The third-order valence-electron chi connectivity index (χ3n) is 2.39. The van der Waals surface area contributed by atoms with Crippen molar-refractivity contribution in [3.05, 3.63) is 30.1 Å². The summed E-state index contributed by atoms with van der Waals surface area (Å²) in [5, 5.41) is 0.576. The van der Waals surface area contributed by atoms with E-state index < -0.39 is 11.9 Å². The van der Waals surface area contributed by atoms with Crippen molar-refractivity contribution in [1.29, 1.82) is 0 Å². The largest absolute Gasteiger partial charge is 0.345 e. The number of carbonyl (C=O) groups is 2. The lowest BCUT2D eigenvalue weighted by Crippen LogP contribution is -2.55. The van der Waals surface area contributed by atoms with Crippen LogP contribution in [0.25, 0.3) is 0 Å². The molecule has 0 spiro atoms. The first-order valence-corrected chi connectivity index (χ1v) is 4.74. The van der Waals surface area contributed by atoms with E-state index in [1.165, 1.54) is 29.2 Å². The van der Waals surface area contributed by atoms with Crippen LogP contribution < -0.4 is 10.7 Å². The summed E-state index contributed by atoms with van der Waals surface area (Å²) < 4.78 is 12.7. The maximum absolute atomic E-state index is 12.7. The van der Waals surface area contributed by atoms with Crippen LogP contribution in [0.2, 0.25) is 0 Å². The van der Waals surface area contributed by atoms with Crippen molar-refractivity contribution < 1.29 is 14.0 Å². The zero-order chi connectivity index (χ0) is 11.7. The number of hydrogen-bond donors (Lipinski definition) is 1. The Morgan fingerprint density at radius 3 is 2.44 bits per heavy atom. The Bertz CT molecular complexity index is 432. The third kappa shape index (κ3) is 1.74. The van der Waals surface area contributed by atoms with Crippen LogP contribution >= 0.6 is 0 Å². The summed E-state index contributed by atoms with van der Waals surface area (Å²) in [7, 11) is 0. The van der Waals surface area contributed by atoms with E-state index in [1.807, 2.05) is 0 Å². The van der Waals surface area contributed by atoms with Gasteiger partial charge in [0.2, 0.25) is 5.91 Å². The van der Waals surface area contributed by atoms with Crippen LogP contribution in [-0.4, -0.2) is 23.5 Å². The van der Waals surface area contributed by atoms with E-state index in [9.17, 15) is 14.0 Å². The quantitative estimate of drug-likeness (QED) is 0.567. The van der Waals surface area contributed by atoms with Gasteiger partial charge in [0.25, 0.3) is 0 Å². The number of urea groups is 1. The molecule has 1 aromatic carbocycles. The van der Waals surface area contributed by atoms with Crippen LogP contribution in [-0.2, 0) is 4.79 Å². The zero-order valence-corrected chi connectivity index (χ0v) is 8.39. The highest BCUT2D eigenvalue weighted by molar-refractivity contribution is 6.04. The summed E-state index contributed by atoms with van der Waals surface area (Å²) in [4.78, 5) is 24.1. The minimum atomic E-state index is -0.595. The molecule has 84 valence electrons. The van der Waals surface area contributed by atoms with E-state index >= 15 is 0 Å². The van der Waals surface area contributed by atoms with Gasteiger partial charge in [-0.2, -0.15) is 5.01 Å². The van der Waals surface area contributed by atoms with E-state index in [4.69, 9.17) is 5.84 Å². The van der Waals surface area contributed by atoms with Crippen molar-refractivity contribution in [2.45, 2.75) is 6.42 Å². The number of nitrogens with zero attached hydrogens (tertiary/aromatic N) is 2. The van der Waals surface area contributed by atoms with E-state index in [0.29, 0.717) is 10.7 Å². The molecule has 0 radical (unpaired) electrons. The maximum atomic E-state index is 12.7. The maximum Gasteiger partial charge on any atom is 0.345 e. The summed E-state index contributed by atoms with van der Waals surface area (Å²) in [5.41, 5.74) is 0.523. The van der Waals surface area contributed by atoms with Gasteiger partial charge in [-0.25, -0.2) is 15.0 Å². The highest BCUT2D eigenvalue weighted by atomic mass is 19.1. The van der Waals surface area contributed by atoms with Gasteiger partial charge in [0.05, 0.1) is 0 Å². The first kappa shape index (κ1) is 10.6. The molecular weight excluding hydrogens is 213 g/mol. The average molecular weight is 223 g/mol. The summed E-state index contributed by atoms with van der Waals surface area (Å²) in [6.07, 6.45) is 0.166. The lowest BCUT2D eigenvalue weighted by Gasteiger charge is -2.31. The molecule has 3 amide bonds. The molecule has 2 rings (SSSR count). The molecule has 0 atom stereocenters. The van der Waals surface area contributed by atoms with E-state index in [0.717, 1.165) is 0 Å². The molecule has 0 aliphatic carbocycles. The lowest BCUT2D eigenvalue weighted by molar-refractivity contribution is -0.129. The number of imide groups is 1. The topological polar surface area (TPSA) is 66.6 Å². The Morgan fingerprint density at radius 1 is 1.19 bits per heavy atom. The van der Waals surface area contributed by atoms with Gasteiger partial charge in [-0.15, -0.1) is 0 Å². The molecule has 2 N–H and O–H groups in total. The molecule has 0 unspecified atom stereocenters. The zero-order valence-electron chi connectivity index (χ0n) is 8.39. The Hall–Kier alpha value is -1.95. The van der Waals surface area contributed by atoms with Crippen LogP contribution in [0.5, 0.6) is 0 Å². The van der Waals surface area contributed by atoms with Gasteiger partial charge in [0, 0.05) is 18.7 Å². The van der Waals surface area contributed by atoms with E-state index in [2.05, 4.69) is 0 Å². The first-order chi connectivity index (χ1) is 7.59. The number of benzene rings is 1. The Kier molecular flexibility index (Phi) is 2.57. The number of halogens is 1. The van der Waals surface area contributed by atoms with E-state index in [1.54, 1.807) is 0 Å². The van der Waals surface area contributed by atoms with Gasteiger partial charge >= 0.3 is 6.03 Å². The fourth-order valence-corrected chi connectivity index (χ4v) is 1.52. The van der Waals surface area contributed by atoms with Gasteiger partial charge < -0.3 is 0 Å². The first-order valence-electron chi connectivity index (χ1n) is 4.74. The van der Waals surface area contributed by atoms with Crippen molar-refractivity contribution in [2.75, 3.05) is 11.4 Å². The number of anilines is 1. The smallest absolute Gasteiger partial charge is 0.292 e. The lowest BCUT2D eigenvalue weighted by atomic mass is 10.2. The van der Waals surface area contributed by atoms with Crippen molar-refractivity contribution >= 4 is 17.6 Å². The molecule has 6 heteroatoms. The van der Waals surface area contributed by atoms with Crippen molar-refractivity contribution in [2.24, 2.45) is 5.84 Å². The highest BCUT2D eigenvalue weighted by Gasteiger charge is 2.30. The average Bonchev–Trinajstić information content (AvgIpc) is 2.28. The normalized spacial score (nSPS) is 16.9. The van der Waals surface area contributed by atoms with Gasteiger partial charge in [0.15, 0.2) is 0 Å². The molecule has 1 aliphatic heterocycles. The molecule has 5 nitrogen and oxygen atoms in total. The Morgan fingerprint density at radius 2 is 1.81 bits per heavy atom. The number of carbonyl (C=O) groups excluding carboxylic acids is 2. The second-order valence-electron chi connectivity index (χ2n) is 3.42. The second kappa shape index (κ2) is 3.90. The van der Waals surface area contributed by atoms with Crippen LogP contribution in [0.4, 0.5) is 14.9 Å².